The van der Waals surface area contributed by atoms with Crippen LogP contribution >= 0.6 is 0 Å². The number of fused-ring (bicyclic) bond motifs is 1. The van der Waals surface area contributed by atoms with E-state index in [2.05, 4.69) is 26.4 Å². The van der Waals surface area contributed by atoms with Crippen LogP contribution in [0.3, 0.4) is 0 Å². The Kier molecular flexibility index (Phi) is 5.68. The molecule has 0 aliphatic carbocycles. The lowest BCUT2D eigenvalue weighted by atomic mass is 10.0. The summed E-state index contributed by atoms with van der Waals surface area (Å²) in [7, 11) is 1.53. The standard InChI is InChI=1S/C24H24N6O2/c1-14(25)22(16(3)31)17-9-21-23(27-10-17)19(18-11-28-24(32-4)29-12-18)13-30(21)15(2)20-7-5-6-8-26-20/h5-13,15H,25H2,1-4H3/t15-/m0/s1. The predicted molar refractivity (Wildman–Crippen MR) is 123 cm³/mol. The van der Waals surface area contributed by atoms with E-state index in [1.54, 1.807) is 31.7 Å². The summed E-state index contributed by atoms with van der Waals surface area (Å²) in [6, 6.07) is 7.99. The Morgan fingerprint density at radius 1 is 1.09 bits per heavy atom. The van der Waals surface area contributed by atoms with E-state index < -0.39 is 0 Å². The maximum absolute atomic E-state index is 12.2. The highest BCUT2D eigenvalue weighted by molar-refractivity contribution is 6.20. The fraction of sp³-hybridized carbons (Fsp3) is 0.208. The Balaban J connectivity index is 1.96. The molecule has 0 aliphatic rings. The summed E-state index contributed by atoms with van der Waals surface area (Å²) >= 11 is 0. The lowest BCUT2D eigenvalue weighted by Gasteiger charge is -2.15. The molecule has 0 unspecified atom stereocenters. The van der Waals surface area contributed by atoms with E-state index in [9.17, 15) is 4.79 Å². The third kappa shape index (κ3) is 3.82. The van der Waals surface area contributed by atoms with Crippen molar-refractivity contribution in [1.82, 2.24) is 24.5 Å². The van der Waals surface area contributed by atoms with Crippen molar-refractivity contribution >= 4 is 22.4 Å². The minimum Gasteiger partial charge on any atom is -0.467 e. The minimum absolute atomic E-state index is 0.0765. The Morgan fingerprint density at radius 2 is 1.84 bits per heavy atom. The second kappa shape index (κ2) is 8.58. The van der Waals surface area contributed by atoms with E-state index in [1.165, 1.54) is 14.0 Å². The first-order valence-electron chi connectivity index (χ1n) is 10.2. The van der Waals surface area contributed by atoms with Gasteiger partial charge < -0.3 is 15.0 Å². The lowest BCUT2D eigenvalue weighted by Crippen LogP contribution is -2.08. The summed E-state index contributed by atoms with van der Waals surface area (Å²) in [4.78, 5) is 29.9. The SMILES string of the molecule is COc1ncc(-c2cn([C@@H](C)c3ccccn3)c3cc(C(C(C)=O)=C(C)N)cnc23)cn1. The van der Waals surface area contributed by atoms with Crippen LogP contribution < -0.4 is 10.5 Å². The quantitative estimate of drug-likeness (QED) is 0.465. The van der Waals surface area contributed by atoms with Gasteiger partial charge in [0.2, 0.25) is 0 Å². The number of methoxy groups -OCH3 is 1. The van der Waals surface area contributed by atoms with Crippen LogP contribution in [-0.4, -0.2) is 37.4 Å². The van der Waals surface area contributed by atoms with Crippen LogP contribution in [0.4, 0.5) is 0 Å². The Morgan fingerprint density at radius 3 is 2.44 bits per heavy atom. The van der Waals surface area contributed by atoms with Crippen molar-refractivity contribution in [1.29, 1.82) is 0 Å². The zero-order chi connectivity index (χ0) is 22.8. The number of rotatable bonds is 6. The summed E-state index contributed by atoms with van der Waals surface area (Å²) < 4.78 is 7.18. The van der Waals surface area contributed by atoms with Crippen molar-refractivity contribution in [2.75, 3.05) is 7.11 Å². The van der Waals surface area contributed by atoms with E-state index in [4.69, 9.17) is 15.5 Å². The highest BCUT2D eigenvalue weighted by Gasteiger charge is 2.20. The summed E-state index contributed by atoms with van der Waals surface area (Å²) in [6.45, 7) is 5.29. The van der Waals surface area contributed by atoms with Gasteiger partial charge in [0.25, 0.3) is 0 Å². The molecule has 8 heteroatoms. The van der Waals surface area contributed by atoms with Crippen molar-refractivity contribution in [2.24, 2.45) is 5.73 Å². The van der Waals surface area contributed by atoms with Gasteiger partial charge in [-0.05, 0) is 39.0 Å². The van der Waals surface area contributed by atoms with Gasteiger partial charge in [0, 0.05) is 58.9 Å². The van der Waals surface area contributed by atoms with Crippen molar-refractivity contribution in [3.63, 3.8) is 0 Å². The van der Waals surface area contributed by atoms with Gasteiger partial charge in [-0.15, -0.1) is 0 Å². The van der Waals surface area contributed by atoms with Crippen molar-refractivity contribution < 1.29 is 9.53 Å². The van der Waals surface area contributed by atoms with Gasteiger partial charge in [-0.25, -0.2) is 9.97 Å². The molecule has 2 N–H and O–H groups in total. The van der Waals surface area contributed by atoms with Gasteiger partial charge in [0.05, 0.1) is 29.9 Å². The minimum atomic E-state index is -0.106. The predicted octanol–water partition coefficient (Wildman–Crippen LogP) is 3.78. The number of carbonyl (C=O) groups excluding carboxylic acids is 1. The van der Waals surface area contributed by atoms with E-state index >= 15 is 0 Å². The monoisotopic (exact) mass is 428 g/mol. The molecule has 4 heterocycles. The molecular weight excluding hydrogens is 404 g/mol. The molecule has 4 aromatic rings. The Bertz CT molecular complexity index is 1310. The highest BCUT2D eigenvalue weighted by Crippen LogP contribution is 2.34. The maximum atomic E-state index is 12.2. The fourth-order valence-corrected chi connectivity index (χ4v) is 3.83. The summed E-state index contributed by atoms with van der Waals surface area (Å²) in [5.74, 6) is -0.106. The number of hydrogen-bond acceptors (Lipinski definition) is 7. The van der Waals surface area contributed by atoms with Gasteiger partial charge in [-0.1, -0.05) is 6.07 Å². The van der Waals surface area contributed by atoms with E-state index in [-0.39, 0.29) is 11.8 Å². The topological polar surface area (TPSA) is 109 Å². The average molecular weight is 428 g/mol. The first kappa shape index (κ1) is 21.2. The van der Waals surface area contributed by atoms with Gasteiger partial charge in [-0.3, -0.25) is 14.8 Å². The molecule has 32 heavy (non-hydrogen) atoms. The maximum Gasteiger partial charge on any atom is 0.316 e. The highest BCUT2D eigenvalue weighted by atomic mass is 16.5. The Hall–Kier alpha value is -4.07. The van der Waals surface area contributed by atoms with Crippen LogP contribution in [-0.2, 0) is 4.79 Å². The van der Waals surface area contributed by atoms with Gasteiger partial charge in [-0.2, -0.15) is 0 Å². The second-order valence-electron chi connectivity index (χ2n) is 7.54. The number of nitrogens with two attached hydrogens (primary N) is 1. The van der Waals surface area contributed by atoms with Crippen molar-refractivity contribution in [3.05, 3.63) is 72.2 Å². The second-order valence-corrected chi connectivity index (χ2v) is 7.54. The third-order valence-electron chi connectivity index (χ3n) is 5.36. The number of ether oxygens (including phenoxy) is 1. The number of pyridine rings is 2. The van der Waals surface area contributed by atoms with Gasteiger partial charge in [0.1, 0.15) is 0 Å². The first-order valence-corrected chi connectivity index (χ1v) is 10.2. The number of carbonyl (C=O) groups is 1. The summed E-state index contributed by atoms with van der Waals surface area (Å²) in [6.07, 6.45) is 8.87. The summed E-state index contributed by atoms with van der Waals surface area (Å²) in [5.41, 5.74) is 11.8. The summed E-state index contributed by atoms with van der Waals surface area (Å²) in [5, 5.41) is 0. The smallest absolute Gasteiger partial charge is 0.316 e. The van der Waals surface area contributed by atoms with E-state index in [0.29, 0.717) is 22.8 Å². The van der Waals surface area contributed by atoms with E-state index in [1.807, 2.05) is 30.5 Å². The number of ketones is 1. The molecule has 0 aliphatic heterocycles. The average Bonchev–Trinajstić information content (AvgIpc) is 3.17. The van der Waals surface area contributed by atoms with Crippen LogP contribution in [0.5, 0.6) is 6.01 Å². The molecule has 0 aromatic carbocycles. The molecule has 4 aromatic heterocycles. The first-order chi connectivity index (χ1) is 15.4. The van der Waals surface area contributed by atoms with Gasteiger partial charge >= 0.3 is 6.01 Å². The molecule has 0 radical (unpaired) electrons. The number of hydrogen-bond donors (Lipinski definition) is 1. The number of aromatic nitrogens is 5. The van der Waals surface area contributed by atoms with Crippen molar-refractivity contribution in [2.45, 2.75) is 26.8 Å². The van der Waals surface area contributed by atoms with Crippen LogP contribution in [0.15, 0.2) is 60.9 Å². The zero-order valence-electron chi connectivity index (χ0n) is 18.4. The molecule has 0 bridgehead atoms. The number of allylic oxidation sites excluding steroid dienone is 2. The molecule has 8 nitrogen and oxygen atoms in total. The molecule has 162 valence electrons. The van der Waals surface area contributed by atoms with E-state index in [0.717, 1.165) is 27.9 Å². The molecular formula is C24H24N6O2. The molecule has 0 fully saturated rings. The van der Waals surface area contributed by atoms with Crippen LogP contribution in [0, 0.1) is 0 Å². The molecule has 0 amide bonds. The normalized spacial score (nSPS) is 13.0. The van der Waals surface area contributed by atoms with Gasteiger partial charge in [0.15, 0.2) is 5.78 Å². The molecule has 0 spiro atoms. The zero-order valence-corrected chi connectivity index (χ0v) is 18.4. The molecule has 4 rings (SSSR count). The van der Waals surface area contributed by atoms with Crippen LogP contribution in [0.1, 0.15) is 38.1 Å². The Labute approximate surface area is 185 Å². The lowest BCUT2D eigenvalue weighted by molar-refractivity contribution is -0.111. The molecule has 0 saturated heterocycles. The molecule has 1 atom stereocenters. The van der Waals surface area contributed by atoms with Crippen LogP contribution in [0.2, 0.25) is 0 Å². The molecule has 0 saturated carbocycles. The number of Topliss-reactive ketones (excluding diaryl/α,β-unsaturated/α-hetero) is 1. The number of nitrogens with zero attached hydrogens (tertiary/aromatic N) is 5. The van der Waals surface area contributed by atoms with Crippen LogP contribution in [0.25, 0.3) is 27.7 Å². The largest absolute Gasteiger partial charge is 0.467 e. The fourth-order valence-electron chi connectivity index (χ4n) is 3.83. The van der Waals surface area contributed by atoms with Crippen molar-refractivity contribution in [3.8, 4) is 17.1 Å². The third-order valence-corrected chi connectivity index (χ3v) is 5.36.